The molecule has 0 radical (unpaired) electrons. The number of rotatable bonds is 2. The molecule has 0 saturated heterocycles. The second kappa shape index (κ2) is 8.37. The van der Waals surface area contributed by atoms with Gasteiger partial charge in [-0.25, -0.2) is 0 Å². The maximum atomic E-state index is 6.30. The molecule has 0 aliphatic carbocycles. The molecule has 3 heteroatoms. The molecule has 1 aliphatic heterocycles. The predicted octanol–water partition coefficient (Wildman–Crippen LogP) is 10.8. The molecule has 0 unspecified atom stereocenters. The minimum Gasteiger partial charge on any atom is -0.453 e. The lowest BCUT2D eigenvalue weighted by Crippen LogP contribution is -2.03. The van der Waals surface area contributed by atoms with E-state index >= 15 is 0 Å². The van der Waals surface area contributed by atoms with E-state index in [-0.39, 0.29) is 0 Å². The van der Waals surface area contributed by atoms with Crippen molar-refractivity contribution in [3.63, 3.8) is 0 Å². The minimum atomic E-state index is 0.883. The zero-order valence-electron chi connectivity index (χ0n) is 23.2. The third-order valence-electron chi connectivity index (χ3n) is 9.10. The van der Waals surface area contributed by atoms with Gasteiger partial charge in [-0.2, -0.15) is 0 Å². The van der Waals surface area contributed by atoms with E-state index in [1.54, 1.807) is 0 Å². The van der Waals surface area contributed by atoms with Crippen LogP contribution in [0.2, 0.25) is 0 Å². The second-order valence-corrected chi connectivity index (χ2v) is 11.4. The van der Waals surface area contributed by atoms with Gasteiger partial charge in [-0.1, -0.05) is 97.1 Å². The van der Waals surface area contributed by atoms with Crippen molar-refractivity contribution < 1.29 is 4.74 Å². The molecule has 1 aliphatic rings. The molecule has 0 spiro atoms. The average molecular weight is 549 g/mol. The van der Waals surface area contributed by atoms with Gasteiger partial charge < -0.3 is 13.9 Å². The first-order chi connectivity index (χ1) is 21.3. The fourth-order valence-electron chi connectivity index (χ4n) is 7.21. The van der Waals surface area contributed by atoms with Crippen molar-refractivity contribution in [1.82, 2.24) is 9.13 Å². The van der Waals surface area contributed by atoms with Crippen LogP contribution >= 0.6 is 0 Å². The Labute approximate surface area is 247 Å². The van der Waals surface area contributed by atoms with Gasteiger partial charge in [0.1, 0.15) is 0 Å². The first kappa shape index (κ1) is 22.8. The largest absolute Gasteiger partial charge is 0.453 e. The van der Waals surface area contributed by atoms with Gasteiger partial charge >= 0.3 is 0 Å². The summed E-state index contributed by atoms with van der Waals surface area (Å²) in [4.78, 5) is 0. The van der Waals surface area contributed by atoms with Crippen molar-refractivity contribution in [3.8, 4) is 34.0 Å². The topological polar surface area (TPSA) is 19.1 Å². The molecule has 0 bridgehead atoms. The summed E-state index contributed by atoms with van der Waals surface area (Å²) in [5, 5.41) is 7.58. The van der Waals surface area contributed by atoms with Crippen LogP contribution in [0.4, 0.5) is 0 Å². The summed E-state index contributed by atoms with van der Waals surface area (Å²) in [6.07, 6.45) is 0. The Kier molecular flexibility index (Phi) is 4.45. The average Bonchev–Trinajstić information content (AvgIpc) is 3.59. The van der Waals surface area contributed by atoms with Crippen LogP contribution in [0, 0.1) is 0 Å². The van der Waals surface area contributed by atoms with Crippen LogP contribution in [0.3, 0.4) is 0 Å². The van der Waals surface area contributed by atoms with Crippen LogP contribution < -0.4 is 4.74 Å². The minimum absolute atomic E-state index is 0.883. The molecule has 9 aromatic rings. The van der Waals surface area contributed by atoms with E-state index in [4.69, 9.17) is 4.74 Å². The third-order valence-corrected chi connectivity index (χ3v) is 9.10. The summed E-state index contributed by atoms with van der Waals surface area (Å²) in [7, 11) is 0. The highest BCUT2D eigenvalue weighted by atomic mass is 16.5. The zero-order chi connectivity index (χ0) is 28.1. The Morgan fingerprint density at radius 2 is 1.16 bits per heavy atom. The molecule has 200 valence electrons. The monoisotopic (exact) mass is 548 g/mol. The highest BCUT2D eigenvalue weighted by Gasteiger charge is 2.23. The summed E-state index contributed by atoms with van der Waals surface area (Å²) < 4.78 is 11.1. The molecule has 0 fully saturated rings. The number of benzene rings is 7. The normalized spacial score (nSPS) is 12.4. The van der Waals surface area contributed by atoms with E-state index < -0.39 is 0 Å². The molecular formula is C40H24N2O. The standard InChI is InChI=1S/C40H24N2O/c1-2-9-29-26(8-1)19-23-35-39(29)32-10-3-4-12-33(32)41(35)28-20-16-25(17-21-28)27-18-22-30-31-11-7-15-38-40(31)42(36(30)24-27)34-13-5-6-14-37(34)43-38/h1-24H. The van der Waals surface area contributed by atoms with Gasteiger partial charge in [-0.05, 0) is 70.4 Å². The van der Waals surface area contributed by atoms with Gasteiger partial charge in [0.25, 0.3) is 0 Å². The number of aromatic nitrogens is 2. The molecule has 2 aromatic heterocycles. The molecule has 0 atom stereocenters. The number of para-hydroxylation sites is 4. The molecule has 0 saturated carbocycles. The molecule has 7 aromatic carbocycles. The summed E-state index contributed by atoms with van der Waals surface area (Å²) in [6.45, 7) is 0. The molecule has 0 amide bonds. The van der Waals surface area contributed by atoms with E-state index in [2.05, 4.69) is 143 Å². The van der Waals surface area contributed by atoms with Gasteiger partial charge in [-0.15, -0.1) is 0 Å². The van der Waals surface area contributed by atoms with Crippen LogP contribution in [0.25, 0.3) is 76.9 Å². The summed E-state index contributed by atoms with van der Waals surface area (Å²) in [5.74, 6) is 1.78. The lowest BCUT2D eigenvalue weighted by Gasteiger charge is -2.20. The Morgan fingerprint density at radius 3 is 2.09 bits per heavy atom. The molecular weight excluding hydrogens is 524 g/mol. The number of hydrogen-bond acceptors (Lipinski definition) is 1. The van der Waals surface area contributed by atoms with E-state index in [9.17, 15) is 0 Å². The van der Waals surface area contributed by atoms with Crippen molar-refractivity contribution in [3.05, 3.63) is 146 Å². The first-order valence-electron chi connectivity index (χ1n) is 14.7. The molecule has 0 N–H and O–H groups in total. The van der Waals surface area contributed by atoms with Gasteiger partial charge in [0.15, 0.2) is 11.5 Å². The summed E-state index contributed by atoms with van der Waals surface area (Å²) >= 11 is 0. The van der Waals surface area contributed by atoms with E-state index in [1.807, 2.05) is 12.1 Å². The van der Waals surface area contributed by atoms with Crippen molar-refractivity contribution in [2.24, 2.45) is 0 Å². The Bertz CT molecular complexity index is 2580. The number of fused-ring (bicyclic) bond motifs is 10. The first-order valence-corrected chi connectivity index (χ1v) is 14.7. The Morgan fingerprint density at radius 1 is 0.419 bits per heavy atom. The van der Waals surface area contributed by atoms with Crippen LogP contribution in [-0.2, 0) is 0 Å². The van der Waals surface area contributed by atoms with Crippen LogP contribution in [0.1, 0.15) is 0 Å². The predicted molar refractivity (Wildman–Crippen MR) is 178 cm³/mol. The Balaban J connectivity index is 1.15. The van der Waals surface area contributed by atoms with E-state index in [0.717, 1.165) is 28.4 Å². The van der Waals surface area contributed by atoms with Crippen molar-refractivity contribution in [2.75, 3.05) is 0 Å². The number of nitrogens with zero attached hydrogens (tertiary/aromatic N) is 2. The smallest absolute Gasteiger partial charge is 0.152 e. The van der Waals surface area contributed by atoms with Gasteiger partial charge in [-0.3, -0.25) is 0 Å². The van der Waals surface area contributed by atoms with Gasteiger partial charge in [0.05, 0.1) is 27.8 Å². The lowest BCUT2D eigenvalue weighted by molar-refractivity contribution is 0.476. The number of hydrogen-bond donors (Lipinski definition) is 0. The van der Waals surface area contributed by atoms with Crippen LogP contribution in [0.5, 0.6) is 11.5 Å². The van der Waals surface area contributed by atoms with Crippen molar-refractivity contribution >= 4 is 54.4 Å². The molecule has 43 heavy (non-hydrogen) atoms. The maximum absolute atomic E-state index is 6.30. The van der Waals surface area contributed by atoms with E-state index in [0.29, 0.717) is 0 Å². The van der Waals surface area contributed by atoms with Crippen LogP contribution in [0.15, 0.2) is 146 Å². The van der Waals surface area contributed by atoms with Gasteiger partial charge in [0, 0.05) is 27.2 Å². The zero-order valence-corrected chi connectivity index (χ0v) is 23.2. The maximum Gasteiger partial charge on any atom is 0.152 e. The van der Waals surface area contributed by atoms with Gasteiger partial charge in [0.2, 0.25) is 0 Å². The highest BCUT2D eigenvalue weighted by Crippen LogP contribution is 2.46. The van der Waals surface area contributed by atoms with Crippen molar-refractivity contribution in [1.29, 1.82) is 0 Å². The highest BCUT2D eigenvalue weighted by molar-refractivity contribution is 6.21. The summed E-state index contributed by atoms with van der Waals surface area (Å²) in [6, 6.07) is 52.4. The fraction of sp³-hybridized carbons (Fsp3) is 0. The lowest BCUT2D eigenvalue weighted by atomic mass is 10.0. The fourth-order valence-corrected chi connectivity index (χ4v) is 7.21. The van der Waals surface area contributed by atoms with Crippen molar-refractivity contribution in [2.45, 2.75) is 0 Å². The third kappa shape index (κ3) is 3.08. The Hall–Kier alpha value is -5.80. The second-order valence-electron chi connectivity index (χ2n) is 11.4. The number of ether oxygens (including phenoxy) is 1. The summed E-state index contributed by atoms with van der Waals surface area (Å²) in [5.41, 5.74) is 9.38. The molecule has 3 heterocycles. The molecule has 3 nitrogen and oxygen atoms in total. The van der Waals surface area contributed by atoms with Crippen LogP contribution in [-0.4, -0.2) is 9.13 Å². The SMILES string of the molecule is c1ccc2c(c1)Oc1cccc3c4ccc(-c5ccc(-n6c7ccccc7c7c8ccccc8ccc76)cc5)cc4n-2c13. The van der Waals surface area contributed by atoms with E-state index in [1.165, 1.54) is 60.0 Å². The quantitative estimate of drug-likeness (QED) is 0.210. The molecule has 10 rings (SSSR count).